The number of Topliss-reactive ketones (excluding diaryl/α,β-unsaturated/α-hetero) is 2. The molecule has 0 bridgehead atoms. The molecular weight excluding hydrogens is 383 g/mol. The minimum absolute atomic E-state index is 0.0228. The van der Waals surface area contributed by atoms with Crippen LogP contribution in [0, 0.1) is 0 Å². The van der Waals surface area contributed by atoms with E-state index < -0.39 is 23.3 Å². The van der Waals surface area contributed by atoms with Crippen molar-refractivity contribution in [3.8, 4) is 0 Å². The molecule has 0 saturated heterocycles. The van der Waals surface area contributed by atoms with E-state index >= 15 is 0 Å². The van der Waals surface area contributed by atoms with Gasteiger partial charge in [0.05, 0.1) is 29.6 Å². The van der Waals surface area contributed by atoms with Crippen molar-refractivity contribution in [1.82, 2.24) is 5.32 Å². The van der Waals surface area contributed by atoms with Gasteiger partial charge in [-0.1, -0.05) is 36.4 Å². The smallest absolute Gasteiger partial charge is 0.416 e. The summed E-state index contributed by atoms with van der Waals surface area (Å²) in [5, 5.41) is 2.89. The molecule has 1 aliphatic rings. The third-order valence-corrected chi connectivity index (χ3v) is 4.62. The van der Waals surface area contributed by atoms with Gasteiger partial charge in [0.1, 0.15) is 5.76 Å². The Bertz CT molecular complexity index is 1130. The Morgan fingerprint density at radius 3 is 2.24 bits per heavy atom. The van der Waals surface area contributed by atoms with Gasteiger partial charge in [-0.15, -0.1) is 0 Å². The lowest BCUT2D eigenvalue weighted by Gasteiger charge is -2.22. The van der Waals surface area contributed by atoms with Crippen molar-refractivity contribution in [3.63, 3.8) is 0 Å². The number of alkyl halides is 3. The SMILES string of the molecule is O=C1C(NCc2ccco2)=C(c2cccc(C(F)(F)F)c2)C(=O)c2ccccc21. The summed E-state index contributed by atoms with van der Waals surface area (Å²) < 4.78 is 44.8. The molecule has 0 saturated carbocycles. The number of ketones is 2. The lowest BCUT2D eigenvalue weighted by Crippen LogP contribution is -2.29. The molecule has 0 aliphatic heterocycles. The van der Waals surface area contributed by atoms with Gasteiger partial charge in [0.15, 0.2) is 5.78 Å². The first-order chi connectivity index (χ1) is 13.9. The number of benzene rings is 2. The maximum Gasteiger partial charge on any atom is 0.416 e. The maximum atomic E-state index is 13.2. The first kappa shape index (κ1) is 18.7. The molecule has 2 aromatic carbocycles. The van der Waals surface area contributed by atoms with E-state index in [1.165, 1.54) is 30.5 Å². The second-order valence-electron chi connectivity index (χ2n) is 6.47. The predicted octanol–water partition coefficient (Wildman–Crippen LogP) is 4.88. The first-order valence-electron chi connectivity index (χ1n) is 8.73. The highest BCUT2D eigenvalue weighted by molar-refractivity contribution is 6.40. The number of halogens is 3. The fourth-order valence-electron chi connectivity index (χ4n) is 3.26. The van der Waals surface area contributed by atoms with Crippen molar-refractivity contribution >= 4 is 17.1 Å². The van der Waals surface area contributed by atoms with Crippen LogP contribution in [0.5, 0.6) is 0 Å². The molecular formula is C22H14F3NO3. The van der Waals surface area contributed by atoms with Crippen LogP contribution in [0.4, 0.5) is 13.2 Å². The van der Waals surface area contributed by atoms with Gasteiger partial charge in [0.2, 0.25) is 5.78 Å². The van der Waals surface area contributed by atoms with Crippen molar-refractivity contribution in [2.24, 2.45) is 0 Å². The third-order valence-electron chi connectivity index (χ3n) is 4.62. The molecule has 4 rings (SSSR count). The molecule has 7 heteroatoms. The van der Waals surface area contributed by atoms with Gasteiger partial charge >= 0.3 is 6.18 Å². The summed E-state index contributed by atoms with van der Waals surface area (Å²) in [4.78, 5) is 26.2. The highest BCUT2D eigenvalue weighted by Crippen LogP contribution is 2.35. The number of fused-ring (bicyclic) bond motifs is 1. The minimum atomic E-state index is -4.57. The van der Waals surface area contributed by atoms with Gasteiger partial charge in [0.25, 0.3) is 0 Å². The van der Waals surface area contributed by atoms with E-state index in [2.05, 4.69) is 5.32 Å². The minimum Gasteiger partial charge on any atom is -0.467 e. The van der Waals surface area contributed by atoms with Gasteiger partial charge in [-0.2, -0.15) is 13.2 Å². The summed E-state index contributed by atoms with van der Waals surface area (Å²) in [5.41, 5.74) is -0.652. The van der Waals surface area contributed by atoms with Crippen molar-refractivity contribution in [1.29, 1.82) is 0 Å². The average molecular weight is 397 g/mol. The van der Waals surface area contributed by atoms with Crippen LogP contribution >= 0.6 is 0 Å². The van der Waals surface area contributed by atoms with Crippen LogP contribution < -0.4 is 5.32 Å². The Labute approximate surface area is 163 Å². The first-order valence-corrected chi connectivity index (χ1v) is 8.73. The Morgan fingerprint density at radius 1 is 0.862 bits per heavy atom. The average Bonchev–Trinajstić information content (AvgIpc) is 3.22. The molecule has 0 fully saturated rings. The zero-order chi connectivity index (χ0) is 20.6. The standard InChI is InChI=1S/C22H14F3NO3/c23-22(24,25)14-6-3-5-13(11-14)18-19(26-12-15-7-4-10-29-15)21(28)17-9-2-1-8-16(17)20(18)27/h1-11,26H,12H2. The molecule has 1 aromatic heterocycles. The van der Waals surface area contributed by atoms with E-state index in [1.807, 2.05) is 0 Å². The van der Waals surface area contributed by atoms with E-state index in [9.17, 15) is 22.8 Å². The predicted molar refractivity (Wildman–Crippen MR) is 99.0 cm³/mol. The van der Waals surface area contributed by atoms with E-state index in [1.54, 1.807) is 24.3 Å². The molecule has 1 aliphatic carbocycles. The summed E-state index contributed by atoms with van der Waals surface area (Å²) in [5.74, 6) is -0.458. The molecule has 4 nitrogen and oxygen atoms in total. The zero-order valence-electron chi connectivity index (χ0n) is 14.9. The molecule has 1 N–H and O–H groups in total. The number of carbonyl (C=O) groups excluding carboxylic acids is 2. The van der Waals surface area contributed by atoms with Crippen molar-refractivity contribution in [2.45, 2.75) is 12.7 Å². The highest BCUT2D eigenvalue weighted by Gasteiger charge is 2.35. The van der Waals surface area contributed by atoms with Crippen LogP contribution in [0.25, 0.3) is 5.57 Å². The Hall–Kier alpha value is -3.61. The molecule has 29 heavy (non-hydrogen) atoms. The Balaban J connectivity index is 1.86. The molecule has 0 radical (unpaired) electrons. The summed E-state index contributed by atoms with van der Waals surface area (Å²) in [6, 6.07) is 14.0. The quantitative estimate of drug-likeness (QED) is 0.682. The third kappa shape index (κ3) is 3.47. The number of furan rings is 1. The molecule has 0 atom stereocenters. The van der Waals surface area contributed by atoms with Gasteiger partial charge in [0, 0.05) is 11.1 Å². The second-order valence-corrected chi connectivity index (χ2v) is 6.47. The molecule has 3 aromatic rings. The monoisotopic (exact) mass is 397 g/mol. The normalized spacial score (nSPS) is 14.2. The fourth-order valence-corrected chi connectivity index (χ4v) is 3.26. The number of carbonyl (C=O) groups is 2. The van der Waals surface area contributed by atoms with Crippen LogP contribution in [0.2, 0.25) is 0 Å². The van der Waals surface area contributed by atoms with Gasteiger partial charge in [-0.3, -0.25) is 9.59 Å². The molecule has 146 valence electrons. The summed E-state index contributed by atoms with van der Waals surface area (Å²) in [7, 11) is 0. The Morgan fingerprint density at radius 2 is 1.59 bits per heavy atom. The lowest BCUT2D eigenvalue weighted by molar-refractivity contribution is -0.137. The number of nitrogens with one attached hydrogen (secondary N) is 1. The fraction of sp³-hybridized carbons (Fsp3) is 0.0909. The van der Waals surface area contributed by atoms with Crippen LogP contribution in [-0.4, -0.2) is 11.6 Å². The topological polar surface area (TPSA) is 59.3 Å². The van der Waals surface area contributed by atoms with E-state index in [0.717, 1.165) is 12.1 Å². The van der Waals surface area contributed by atoms with Crippen LogP contribution in [0.1, 0.15) is 37.6 Å². The van der Waals surface area contributed by atoms with Gasteiger partial charge in [-0.25, -0.2) is 0 Å². The van der Waals surface area contributed by atoms with Crippen molar-refractivity contribution < 1.29 is 27.2 Å². The molecule has 0 amide bonds. The largest absolute Gasteiger partial charge is 0.467 e. The van der Waals surface area contributed by atoms with Crippen LogP contribution in [0.15, 0.2) is 77.0 Å². The number of allylic oxidation sites excluding steroid dienone is 2. The Kier molecular flexibility index (Phi) is 4.58. The summed E-state index contributed by atoms with van der Waals surface area (Å²) in [6.45, 7) is 0.103. The van der Waals surface area contributed by atoms with Gasteiger partial charge < -0.3 is 9.73 Å². The van der Waals surface area contributed by atoms with E-state index in [0.29, 0.717) is 5.76 Å². The van der Waals surface area contributed by atoms with Crippen molar-refractivity contribution in [2.75, 3.05) is 0 Å². The van der Waals surface area contributed by atoms with E-state index in [4.69, 9.17) is 4.42 Å². The summed E-state index contributed by atoms with van der Waals surface area (Å²) >= 11 is 0. The number of hydrogen-bond donors (Lipinski definition) is 1. The molecule has 0 unspecified atom stereocenters. The molecule has 1 heterocycles. The summed E-state index contributed by atoms with van der Waals surface area (Å²) in [6.07, 6.45) is -3.11. The number of hydrogen-bond acceptors (Lipinski definition) is 4. The van der Waals surface area contributed by atoms with Gasteiger partial charge in [-0.05, 0) is 29.8 Å². The zero-order valence-corrected chi connectivity index (χ0v) is 14.9. The second kappa shape index (κ2) is 7.09. The van der Waals surface area contributed by atoms with E-state index in [-0.39, 0.29) is 34.5 Å². The number of rotatable bonds is 4. The van der Waals surface area contributed by atoms with Crippen LogP contribution in [0.3, 0.4) is 0 Å². The van der Waals surface area contributed by atoms with Crippen LogP contribution in [-0.2, 0) is 12.7 Å². The maximum absolute atomic E-state index is 13.2. The molecule has 0 spiro atoms. The van der Waals surface area contributed by atoms with Crippen molar-refractivity contribution in [3.05, 3.63) is 101 Å². The lowest BCUT2D eigenvalue weighted by atomic mass is 9.83. The highest BCUT2D eigenvalue weighted by atomic mass is 19.4.